The average Bonchev–Trinajstić information content (AvgIpc) is 2.94. The SMILES string of the molecule is CCCNC(Cc1ccc(Br)cc1)c1cnn(CC)c1. The number of halogens is 1. The van der Waals surface area contributed by atoms with Gasteiger partial charge in [0.05, 0.1) is 6.20 Å². The van der Waals surface area contributed by atoms with Gasteiger partial charge in [0.25, 0.3) is 0 Å². The van der Waals surface area contributed by atoms with Crippen molar-refractivity contribution in [3.05, 3.63) is 52.3 Å². The molecule has 1 heterocycles. The first-order valence-electron chi connectivity index (χ1n) is 7.23. The molecule has 0 aliphatic carbocycles. The number of benzene rings is 1. The number of aryl methyl sites for hydroxylation is 1. The molecule has 1 atom stereocenters. The van der Waals surface area contributed by atoms with Crippen molar-refractivity contribution in [3.8, 4) is 0 Å². The van der Waals surface area contributed by atoms with Gasteiger partial charge in [0.15, 0.2) is 0 Å². The van der Waals surface area contributed by atoms with Gasteiger partial charge in [-0.05, 0) is 44.0 Å². The van der Waals surface area contributed by atoms with Crippen LogP contribution in [0, 0.1) is 0 Å². The molecule has 1 unspecified atom stereocenters. The minimum absolute atomic E-state index is 0.330. The van der Waals surface area contributed by atoms with Crippen LogP contribution in [0.5, 0.6) is 0 Å². The van der Waals surface area contributed by atoms with Crippen molar-refractivity contribution in [2.75, 3.05) is 6.54 Å². The smallest absolute Gasteiger partial charge is 0.0537 e. The van der Waals surface area contributed by atoms with Gasteiger partial charge in [-0.3, -0.25) is 4.68 Å². The number of hydrogen-bond acceptors (Lipinski definition) is 2. The molecule has 20 heavy (non-hydrogen) atoms. The van der Waals surface area contributed by atoms with Crippen molar-refractivity contribution in [1.29, 1.82) is 0 Å². The number of hydrogen-bond donors (Lipinski definition) is 1. The maximum atomic E-state index is 4.39. The van der Waals surface area contributed by atoms with E-state index in [2.05, 4.69) is 70.7 Å². The van der Waals surface area contributed by atoms with Gasteiger partial charge >= 0.3 is 0 Å². The molecule has 0 saturated heterocycles. The Bertz CT molecular complexity index is 519. The van der Waals surface area contributed by atoms with Gasteiger partial charge in [0.1, 0.15) is 0 Å². The molecular weight excluding hydrogens is 314 g/mol. The van der Waals surface area contributed by atoms with Crippen LogP contribution in [0.25, 0.3) is 0 Å². The normalized spacial score (nSPS) is 12.6. The van der Waals surface area contributed by atoms with Crippen LogP contribution in [0.4, 0.5) is 0 Å². The molecule has 2 aromatic rings. The van der Waals surface area contributed by atoms with Crippen molar-refractivity contribution in [2.24, 2.45) is 0 Å². The summed E-state index contributed by atoms with van der Waals surface area (Å²) in [6, 6.07) is 8.88. The zero-order valence-corrected chi connectivity index (χ0v) is 13.7. The second-order valence-corrected chi connectivity index (χ2v) is 5.88. The van der Waals surface area contributed by atoms with Crippen LogP contribution < -0.4 is 5.32 Å². The van der Waals surface area contributed by atoms with Crippen molar-refractivity contribution in [2.45, 2.75) is 39.3 Å². The third kappa shape index (κ3) is 4.18. The Morgan fingerprint density at radius 2 is 2.00 bits per heavy atom. The van der Waals surface area contributed by atoms with Crippen molar-refractivity contribution >= 4 is 15.9 Å². The lowest BCUT2D eigenvalue weighted by Crippen LogP contribution is -2.23. The van der Waals surface area contributed by atoms with E-state index in [4.69, 9.17) is 0 Å². The topological polar surface area (TPSA) is 29.9 Å². The minimum atomic E-state index is 0.330. The quantitative estimate of drug-likeness (QED) is 0.830. The Kier molecular flexibility index (Phi) is 5.80. The van der Waals surface area contributed by atoms with E-state index >= 15 is 0 Å². The maximum absolute atomic E-state index is 4.39. The molecule has 0 fully saturated rings. The summed E-state index contributed by atoms with van der Waals surface area (Å²) in [5, 5.41) is 8.01. The summed E-state index contributed by atoms with van der Waals surface area (Å²) in [5.74, 6) is 0. The molecule has 4 heteroatoms. The molecule has 108 valence electrons. The fraction of sp³-hybridized carbons (Fsp3) is 0.438. The molecule has 1 aromatic heterocycles. The molecule has 0 aliphatic rings. The zero-order valence-electron chi connectivity index (χ0n) is 12.1. The summed E-state index contributed by atoms with van der Waals surface area (Å²) in [7, 11) is 0. The van der Waals surface area contributed by atoms with Crippen LogP contribution in [0.15, 0.2) is 41.1 Å². The van der Waals surface area contributed by atoms with Crippen molar-refractivity contribution in [3.63, 3.8) is 0 Å². The van der Waals surface area contributed by atoms with E-state index in [1.54, 1.807) is 0 Å². The lowest BCUT2D eigenvalue weighted by Gasteiger charge is -2.17. The molecule has 0 saturated carbocycles. The summed E-state index contributed by atoms with van der Waals surface area (Å²) in [4.78, 5) is 0. The van der Waals surface area contributed by atoms with E-state index in [1.165, 1.54) is 11.1 Å². The lowest BCUT2D eigenvalue weighted by molar-refractivity contribution is 0.528. The van der Waals surface area contributed by atoms with Crippen LogP contribution in [0.3, 0.4) is 0 Å². The van der Waals surface area contributed by atoms with Crippen LogP contribution in [-0.2, 0) is 13.0 Å². The molecular formula is C16H22BrN3. The Balaban J connectivity index is 2.12. The highest BCUT2D eigenvalue weighted by atomic mass is 79.9. The molecule has 2 rings (SSSR count). The summed E-state index contributed by atoms with van der Waals surface area (Å²) in [6.07, 6.45) is 6.25. The van der Waals surface area contributed by atoms with Crippen molar-refractivity contribution < 1.29 is 0 Å². The Morgan fingerprint density at radius 3 is 2.60 bits per heavy atom. The monoisotopic (exact) mass is 335 g/mol. The molecule has 1 N–H and O–H groups in total. The van der Waals surface area contributed by atoms with E-state index in [0.29, 0.717) is 6.04 Å². The highest BCUT2D eigenvalue weighted by molar-refractivity contribution is 9.10. The molecule has 0 aliphatic heterocycles. The van der Waals surface area contributed by atoms with Gasteiger partial charge in [-0.2, -0.15) is 5.10 Å². The molecule has 0 spiro atoms. The highest BCUT2D eigenvalue weighted by Crippen LogP contribution is 2.20. The predicted molar refractivity (Wildman–Crippen MR) is 86.8 cm³/mol. The van der Waals surface area contributed by atoms with E-state index in [1.807, 2.05) is 10.9 Å². The number of rotatable bonds is 7. The standard InChI is InChI=1S/C16H22BrN3/c1-3-9-18-16(14-11-19-20(4-2)12-14)10-13-5-7-15(17)8-6-13/h5-8,11-12,16,18H,3-4,9-10H2,1-2H3. The summed E-state index contributed by atoms with van der Waals surface area (Å²) in [5.41, 5.74) is 2.61. The average molecular weight is 336 g/mol. The predicted octanol–water partition coefficient (Wildman–Crippen LogP) is 3.95. The summed E-state index contributed by atoms with van der Waals surface area (Å²) >= 11 is 3.48. The van der Waals surface area contributed by atoms with Gasteiger partial charge in [-0.1, -0.05) is 35.0 Å². The van der Waals surface area contributed by atoms with Crippen LogP contribution in [0.2, 0.25) is 0 Å². The van der Waals surface area contributed by atoms with E-state index in [9.17, 15) is 0 Å². The highest BCUT2D eigenvalue weighted by Gasteiger charge is 2.13. The second-order valence-electron chi connectivity index (χ2n) is 4.97. The van der Waals surface area contributed by atoms with E-state index < -0.39 is 0 Å². The zero-order chi connectivity index (χ0) is 14.4. The van der Waals surface area contributed by atoms with Gasteiger partial charge in [0.2, 0.25) is 0 Å². The number of nitrogens with one attached hydrogen (secondary N) is 1. The third-order valence-corrected chi connectivity index (χ3v) is 3.90. The Hall–Kier alpha value is -1.13. The molecule has 0 bridgehead atoms. The fourth-order valence-corrected chi connectivity index (χ4v) is 2.48. The maximum Gasteiger partial charge on any atom is 0.0537 e. The van der Waals surface area contributed by atoms with Crippen molar-refractivity contribution in [1.82, 2.24) is 15.1 Å². The molecule has 1 aromatic carbocycles. The molecule has 3 nitrogen and oxygen atoms in total. The first-order valence-corrected chi connectivity index (χ1v) is 8.02. The Morgan fingerprint density at radius 1 is 1.25 bits per heavy atom. The van der Waals surface area contributed by atoms with Crippen LogP contribution in [0.1, 0.15) is 37.4 Å². The largest absolute Gasteiger partial charge is 0.310 e. The number of aromatic nitrogens is 2. The van der Waals surface area contributed by atoms with E-state index in [0.717, 1.165) is 30.4 Å². The third-order valence-electron chi connectivity index (χ3n) is 3.37. The Labute approximate surface area is 129 Å². The number of nitrogens with zero attached hydrogens (tertiary/aromatic N) is 2. The van der Waals surface area contributed by atoms with Crippen LogP contribution in [-0.4, -0.2) is 16.3 Å². The molecule has 0 amide bonds. The molecule has 0 radical (unpaired) electrons. The van der Waals surface area contributed by atoms with Gasteiger partial charge in [0, 0.05) is 28.8 Å². The first-order chi connectivity index (χ1) is 9.72. The van der Waals surface area contributed by atoms with Gasteiger partial charge < -0.3 is 5.32 Å². The second kappa shape index (κ2) is 7.60. The van der Waals surface area contributed by atoms with Gasteiger partial charge in [-0.25, -0.2) is 0 Å². The lowest BCUT2D eigenvalue weighted by atomic mass is 10.0. The fourth-order valence-electron chi connectivity index (χ4n) is 2.22. The first kappa shape index (κ1) is 15.3. The van der Waals surface area contributed by atoms with Gasteiger partial charge in [-0.15, -0.1) is 0 Å². The summed E-state index contributed by atoms with van der Waals surface area (Å²) in [6.45, 7) is 6.25. The van der Waals surface area contributed by atoms with E-state index in [-0.39, 0.29) is 0 Å². The summed E-state index contributed by atoms with van der Waals surface area (Å²) < 4.78 is 3.11. The minimum Gasteiger partial charge on any atom is -0.310 e. The van der Waals surface area contributed by atoms with Crippen LogP contribution >= 0.6 is 15.9 Å².